The van der Waals surface area contributed by atoms with Crippen LogP contribution in [0.2, 0.25) is 0 Å². The molecule has 132 valence electrons. The fraction of sp³-hybridized carbons (Fsp3) is 0.421. The number of amides is 1. The molecule has 1 aliphatic rings. The van der Waals surface area contributed by atoms with Gasteiger partial charge in [-0.05, 0) is 31.4 Å². The van der Waals surface area contributed by atoms with Crippen LogP contribution in [0.4, 0.5) is 0 Å². The molecule has 0 saturated heterocycles. The molecule has 1 aromatic heterocycles. The highest BCUT2D eigenvalue weighted by Gasteiger charge is 2.28. The van der Waals surface area contributed by atoms with Crippen molar-refractivity contribution in [2.45, 2.75) is 51.2 Å². The van der Waals surface area contributed by atoms with Crippen LogP contribution in [-0.4, -0.2) is 37.7 Å². The number of aliphatic carboxylic acids is 1. The summed E-state index contributed by atoms with van der Waals surface area (Å²) in [6.07, 6.45) is 6.35. The summed E-state index contributed by atoms with van der Waals surface area (Å²) in [6.45, 7) is 1.76. The van der Waals surface area contributed by atoms with Gasteiger partial charge in [-0.2, -0.15) is 5.10 Å². The van der Waals surface area contributed by atoms with Gasteiger partial charge in [-0.25, -0.2) is 4.79 Å². The van der Waals surface area contributed by atoms with Gasteiger partial charge in [0.25, 0.3) is 5.91 Å². The van der Waals surface area contributed by atoms with Crippen molar-refractivity contribution in [1.29, 1.82) is 0 Å². The average molecular weight is 341 g/mol. The van der Waals surface area contributed by atoms with Gasteiger partial charge in [0.2, 0.25) is 0 Å². The molecule has 0 radical (unpaired) electrons. The zero-order valence-corrected chi connectivity index (χ0v) is 14.3. The van der Waals surface area contributed by atoms with Gasteiger partial charge in [0, 0.05) is 12.7 Å². The van der Waals surface area contributed by atoms with E-state index in [1.165, 1.54) is 24.7 Å². The van der Waals surface area contributed by atoms with Gasteiger partial charge in [-0.1, -0.05) is 43.2 Å². The highest BCUT2D eigenvalue weighted by Crippen LogP contribution is 2.28. The minimum absolute atomic E-state index is 0.240. The number of carboxylic acid groups (broad SMARTS) is 1. The molecular weight excluding hydrogens is 318 g/mol. The second-order valence-corrected chi connectivity index (χ2v) is 6.55. The second kappa shape index (κ2) is 7.51. The molecule has 6 heteroatoms. The number of nitrogens with zero attached hydrogens (tertiary/aromatic N) is 3. The topological polar surface area (TPSA) is 75.4 Å². The first kappa shape index (κ1) is 17.2. The fourth-order valence-corrected chi connectivity index (χ4v) is 3.27. The van der Waals surface area contributed by atoms with Crippen LogP contribution in [0.1, 0.15) is 54.7 Å². The van der Waals surface area contributed by atoms with Gasteiger partial charge in [0.1, 0.15) is 11.7 Å². The zero-order chi connectivity index (χ0) is 17.8. The molecule has 1 N–H and O–H groups in total. The van der Waals surface area contributed by atoms with Gasteiger partial charge in [0.15, 0.2) is 0 Å². The Morgan fingerprint density at radius 3 is 2.56 bits per heavy atom. The van der Waals surface area contributed by atoms with E-state index in [2.05, 4.69) is 5.10 Å². The summed E-state index contributed by atoms with van der Waals surface area (Å²) >= 11 is 0. The Hall–Kier alpha value is -2.63. The lowest BCUT2D eigenvalue weighted by molar-refractivity contribution is -0.141. The number of aromatic nitrogens is 2. The Bertz CT molecular complexity index is 735. The molecule has 1 aliphatic carbocycles. The Balaban J connectivity index is 1.82. The van der Waals surface area contributed by atoms with Crippen LogP contribution in [0, 0.1) is 0 Å². The predicted molar refractivity (Wildman–Crippen MR) is 93.1 cm³/mol. The van der Waals surface area contributed by atoms with Crippen molar-refractivity contribution in [1.82, 2.24) is 14.7 Å². The molecule has 1 heterocycles. The van der Waals surface area contributed by atoms with Crippen LogP contribution in [-0.2, 0) is 11.3 Å². The number of hydrogen-bond donors (Lipinski definition) is 1. The van der Waals surface area contributed by atoms with E-state index in [0.717, 1.165) is 18.4 Å². The Morgan fingerprint density at radius 1 is 1.24 bits per heavy atom. The molecule has 1 atom stereocenters. The summed E-state index contributed by atoms with van der Waals surface area (Å²) in [6, 6.07) is 10.5. The van der Waals surface area contributed by atoms with Crippen LogP contribution < -0.4 is 0 Å². The number of hydrogen-bond acceptors (Lipinski definition) is 3. The molecule has 6 nitrogen and oxygen atoms in total. The van der Waals surface area contributed by atoms with Crippen molar-refractivity contribution in [2.75, 3.05) is 0 Å². The molecule has 1 saturated carbocycles. The monoisotopic (exact) mass is 341 g/mol. The van der Waals surface area contributed by atoms with E-state index in [0.29, 0.717) is 11.7 Å². The predicted octanol–water partition coefficient (Wildman–Crippen LogP) is 3.11. The maximum absolute atomic E-state index is 12.9. The molecule has 0 spiro atoms. The number of carboxylic acids is 1. The van der Waals surface area contributed by atoms with Crippen molar-refractivity contribution in [3.63, 3.8) is 0 Å². The quantitative estimate of drug-likeness (QED) is 0.876. The van der Waals surface area contributed by atoms with Crippen LogP contribution in [0.3, 0.4) is 0 Å². The highest BCUT2D eigenvalue weighted by molar-refractivity contribution is 5.94. The number of carbonyl (C=O) groups excluding carboxylic acids is 1. The molecule has 3 rings (SSSR count). The Kier molecular flexibility index (Phi) is 5.16. The maximum atomic E-state index is 12.9. The molecule has 0 bridgehead atoms. The van der Waals surface area contributed by atoms with E-state index >= 15 is 0 Å². The third kappa shape index (κ3) is 3.90. The van der Waals surface area contributed by atoms with E-state index in [9.17, 15) is 14.7 Å². The van der Waals surface area contributed by atoms with Gasteiger partial charge < -0.3 is 10.0 Å². The van der Waals surface area contributed by atoms with Gasteiger partial charge >= 0.3 is 5.97 Å². The summed E-state index contributed by atoms with van der Waals surface area (Å²) in [5, 5.41) is 13.8. The highest BCUT2D eigenvalue weighted by atomic mass is 16.4. The van der Waals surface area contributed by atoms with Crippen molar-refractivity contribution in [2.24, 2.45) is 0 Å². The third-order valence-electron chi connectivity index (χ3n) is 4.81. The lowest BCUT2D eigenvalue weighted by Crippen LogP contribution is -2.43. The molecule has 2 aromatic rings. The minimum Gasteiger partial charge on any atom is -0.480 e. The number of benzene rings is 1. The van der Waals surface area contributed by atoms with Crippen LogP contribution >= 0.6 is 0 Å². The first-order chi connectivity index (χ1) is 12.1. The van der Waals surface area contributed by atoms with Crippen molar-refractivity contribution < 1.29 is 14.7 Å². The van der Waals surface area contributed by atoms with E-state index in [4.69, 9.17) is 0 Å². The van der Waals surface area contributed by atoms with Gasteiger partial charge in [-0.3, -0.25) is 9.48 Å². The Morgan fingerprint density at radius 2 is 1.92 bits per heavy atom. The summed E-state index contributed by atoms with van der Waals surface area (Å²) < 4.78 is 1.85. The average Bonchev–Trinajstić information content (AvgIpc) is 3.30. The maximum Gasteiger partial charge on any atom is 0.326 e. The summed E-state index contributed by atoms with van der Waals surface area (Å²) in [5.41, 5.74) is 1.19. The van der Waals surface area contributed by atoms with Crippen LogP contribution in [0.5, 0.6) is 0 Å². The van der Waals surface area contributed by atoms with E-state index in [-0.39, 0.29) is 12.5 Å². The standard InChI is InChI=1S/C19H23N3O3/c1-14(19(24)25)21(13-15-7-3-2-4-8-15)18(23)17-11-12-22(20-17)16-9-5-6-10-16/h2-4,7-8,11-12,14,16H,5-6,9-10,13H2,1H3,(H,24,25). The summed E-state index contributed by atoms with van der Waals surface area (Å²) in [4.78, 5) is 25.7. The summed E-state index contributed by atoms with van der Waals surface area (Å²) in [7, 11) is 0. The SMILES string of the molecule is CC(C(=O)O)N(Cc1ccccc1)C(=O)c1ccn(C2CCCC2)n1. The second-order valence-electron chi connectivity index (χ2n) is 6.55. The first-order valence-electron chi connectivity index (χ1n) is 8.69. The lowest BCUT2D eigenvalue weighted by Gasteiger charge is -2.26. The molecule has 1 amide bonds. The minimum atomic E-state index is -1.03. The normalized spacial score (nSPS) is 15.9. The smallest absolute Gasteiger partial charge is 0.326 e. The molecule has 25 heavy (non-hydrogen) atoms. The molecule has 0 aliphatic heterocycles. The van der Waals surface area contributed by atoms with Crippen molar-refractivity contribution in [3.8, 4) is 0 Å². The summed E-state index contributed by atoms with van der Waals surface area (Å²) in [5.74, 6) is -1.38. The van der Waals surface area contributed by atoms with E-state index in [1.54, 1.807) is 6.07 Å². The third-order valence-corrected chi connectivity index (χ3v) is 4.81. The molecule has 1 aromatic carbocycles. The molecular formula is C19H23N3O3. The number of rotatable bonds is 6. The first-order valence-corrected chi connectivity index (χ1v) is 8.69. The largest absolute Gasteiger partial charge is 0.480 e. The van der Waals surface area contributed by atoms with Crippen molar-refractivity contribution >= 4 is 11.9 Å². The van der Waals surface area contributed by atoms with E-state index in [1.807, 2.05) is 41.2 Å². The van der Waals surface area contributed by atoms with Gasteiger partial charge in [-0.15, -0.1) is 0 Å². The lowest BCUT2D eigenvalue weighted by atomic mass is 10.1. The Labute approximate surface area is 147 Å². The molecule has 1 fully saturated rings. The number of carbonyl (C=O) groups is 2. The zero-order valence-electron chi connectivity index (χ0n) is 14.3. The van der Waals surface area contributed by atoms with Crippen LogP contribution in [0.15, 0.2) is 42.6 Å². The fourth-order valence-electron chi connectivity index (χ4n) is 3.27. The molecule has 1 unspecified atom stereocenters. The van der Waals surface area contributed by atoms with Gasteiger partial charge in [0.05, 0.1) is 6.04 Å². The van der Waals surface area contributed by atoms with Crippen molar-refractivity contribution in [3.05, 3.63) is 53.9 Å². The van der Waals surface area contributed by atoms with E-state index < -0.39 is 12.0 Å². The van der Waals surface area contributed by atoms with Crippen LogP contribution in [0.25, 0.3) is 0 Å².